The molecular formula is C10H8Cl2N2O. The highest BCUT2D eigenvalue weighted by Gasteiger charge is 2.05. The Morgan fingerprint density at radius 1 is 1.27 bits per heavy atom. The maximum Gasteiger partial charge on any atom is 0.274 e. The largest absolute Gasteiger partial charge is 0.298 e. The second-order valence-corrected chi connectivity index (χ2v) is 4.01. The van der Waals surface area contributed by atoms with Gasteiger partial charge in [0.2, 0.25) is 0 Å². The molecule has 0 fully saturated rings. The number of nitrogens with zero attached hydrogens (tertiary/aromatic N) is 1. The topological polar surface area (TPSA) is 37.8 Å². The molecule has 78 valence electrons. The van der Waals surface area contributed by atoms with Gasteiger partial charge in [-0.05, 0) is 25.1 Å². The highest BCUT2D eigenvalue weighted by molar-refractivity contribution is 6.42. The van der Waals surface area contributed by atoms with Crippen LogP contribution in [0.15, 0.2) is 29.2 Å². The molecule has 1 aromatic heterocycles. The first-order valence-corrected chi connectivity index (χ1v) is 5.07. The highest BCUT2D eigenvalue weighted by Crippen LogP contribution is 2.23. The number of rotatable bonds is 1. The van der Waals surface area contributed by atoms with E-state index in [0.717, 1.165) is 0 Å². The molecule has 0 spiro atoms. The van der Waals surface area contributed by atoms with Gasteiger partial charge in [0.05, 0.1) is 15.7 Å². The molecule has 3 nitrogen and oxygen atoms in total. The molecule has 1 heterocycles. The summed E-state index contributed by atoms with van der Waals surface area (Å²) >= 11 is 11.6. The Hall–Kier alpha value is -1.19. The number of aromatic amines is 1. The third-order valence-corrected chi connectivity index (χ3v) is 2.85. The van der Waals surface area contributed by atoms with Gasteiger partial charge in [-0.15, -0.1) is 0 Å². The van der Waals surface area contributed by atoms with Gasteiger partial charge in [0.25, 0.3) is 5.56 Å². The summed E-state index contributed by atoms with van der Waals surface area (Å²) in [5, 5.41) is 3.73. The molecule has 2 rings (SSSR count). The fourth-order valence-electron chi connectivity index (χ4n) is 1.27. The number of hydrogen-bond donors (Lipinski definition) is 1. The molecule has 0 atom stereocenters. The van der Waals surface area contributed by atoms with Crippen molar-refractivity contribution in [2.24, 2.45) is 0 Å². The van der Waals surface area contributed by atoms with Crippen molar-refractivity contribution in [1.29, 1.82) is 0 Å². The summed E-state index contributed by atoms with van der Waals surface area (Å²) in [4.78, 5) is 11.6. The molecule has 0 saturated heterocycles. The van der Waals surface area contributed by atoms with Gasteiger partial charge in [0, 0.05) is 11.8 Å². The Balaban J connectivity index is 2.60. The number of benzene rings is 1. The number of aromatic nitrogens is 2. The quantitative estimate of drug-likeness (QED) is 0.821. The Labute approximate surface area is 96.2 Å². The van der Waals surface area contributed by atoms with E-state index in [-0.39, 0.29) is 5.56 Å². The van der Waals surface area contributed by atoms with E-state index in [1.165, 1.54) is 4.68 Å². The van der Waals surface area contributed by atoms with Crippen LogP contribution in [0.1, 0.15) is 5.56 Å². The average molecular weight is 243 g/mol. The molecule has 0 bridgehead atoms. The predicted octanol–water partition coefficient (Wildman–Crippen LogP) is 2.78. The Morgan fingerprint density at radius 3 is 2.53 bits per heavy atom. The van der Waals surface area contributed by atoms with Gasteiger partial charge in [0.1, 0.15) is 0 Å². The van der Waals surface area contributed by atoms with E-state index in [2.05, 4.69) is 5.10 Å². The van der Waals surface area contributed by atoms with Crippen molar-refractivity contribution < 1.29 is 0 Å². The molecule has 5 heteroatoms. The zero-order valence-electron chi connectivity index (χ0n) is 7.92. The van der Waals surface area contributed by atoms with Crippen LogP contribution in [0.3, 0.4) is 0 Å². The zero-order chi connectivity index (χ0) is 11.0. The van der Waals surface area contributed by atoms with E-state index in [9.17, 15) is 4.79 Å². The van der Waals surface area contributed by atoms with Crippen LogP contribution in [0.25, 0.3) is 5.69 Å². The van der Waals surface area contributed by atoms with E-state index in [0.29, 0.717) is 21.3 Å². The Kier molecular flexibility index (Phi) is 2.59. The van der Waals surface area contributed by atoms with E-state index < -0.39 is 0 Å². The SMILES string of the molecule is Cc1c[nH]n(-c2ccc(Cl)c(Cl)c2)c1=O. The van der Waals surface area contributed by atoms with Crippen LogP contribution in [0, 0.1) is 6.92 Å². The summed E-state index contributed by atoms with van der Waals surface area (Å²) in [7, 11) is 0. The Bertz CT molecular complexity index is 557. The first-order valence-electron chi connectivity index (χ1n) is 4.32. The summed E-state index contributed by atoms with van der Waals surface area (Å²) in [6, 6.07) is 5.02. The molecule has 0 saturated carbocycles. The summed E-state index contributed by atoms with van der Waals surface area (Å²) in [6.07, 6.45) is 1.64. The fourth-order valence-corrected chi connectivity index (χ4v) is 1.57. The van der Waals surface area contributed by atoms with Crippen molar-refractivity contribution in [2.75, 3.05) is 0 Å². The highest BCUT2D eigenvalue weighted by atomic mass is 35.5. The summed E-state index contributed by atoms with van der Waals surface area (Å²) in [6.45, 7) is 1.74. The third kappa shape index (κ3) is 1.80. The molecule has 0 aliphatic heterocycles. The second kappa shape index (κ2) is 3.76. The number of nitrogens with one attached hydrogen (secondary N) is 1. The smallest absolute Gasteiger partial charge is 0.274 e. The minimum Gasteiger partial charge on any atom is -0.298 e. The molecule has 0 aliphatic carbocycles. The third-order valence-electron chi connectivity index (χ3n) is 2.11. The van der Waals surface area contributed by atoms with Crippen molar-refractivity contribution in [3.8, 4) is 5.69 Å². The van der Waals surface area contributed by atoms with Crippen molar-refractivity contribution in [2.45, 2.75) is 6.92 Å². The predicted molar refractivity (Wildman–Crippen MR) is 61.1 cm³/mol. The fraction of sp³-hybridized carbons (Fsp3) is 0.100. The minimum atomic E-state index is -0.0895. The first kappa shape index (κ1) is 10.3. The normalized spacial score (nSPS) is 10.6. The molecule has 1 N–H and O–H groups in total. The van der Waals surface area contributed by atoms with Crippen LogP contribution < -0.4 is 5.56 Å². The monoisotopic (exact) mass is 242 g/mol. The number of H-pyrrole nitrogens is 1. The summed E-state index contributed by atoms with van der Waals surface area (Å²) < 4.78 is 1.41. The molecule has 0 unspecified atom stereocenters. The second-order valence-electron chi connectivity index (χ2n) is 3.20. The zero-order valence-corrected chi connectivity index (χ0v) is 9.43. The van der Waals surface area contributed by atoms with Crippen LogP contribution in [-0.2, 0) is 0 Å². The van der Waals surface area contributed by atoms with Gasteiger partial charge >= 0.3 is 0 Å². The van der Waals surface area contributed by atoms with E-state index in [4.69, 9.17) is 23.2 Å². The minimum absolute atomic E-state index is 0.0895. The number of halogens is 2. The maximum atomic E-state index is 11.6. The van der Waals surface area contributed by atoms with E-state index >= 15 is 0 Å². The molecule has 0 radical (unpaired) electrons. The van der Waals surface area contributed by atoms with Gasteiger partial charge in [0.15, 0.2) is 0 Å². The lowest BCUT2D eigenvalue weighted by molar-refractivity contribution is 0.848. The maximum absolute atomic E-state index is 11.6. The molecule has 0 amide bonds. The lowest BCUT2D eigenvalue weighted by atomic mass is 10.3. The van der Waals surface area contributed by atoms with Crippen LogP contribution in [0.4, 0.5) is 0 Å². The van der Waals surface area contributed by atoms with Crippen LogP contribution in [0.2, 0.25) is 10.0 Å². The molecule has 2 aromatic rings. The van der Waals surface area contributed by atoms with Crippen molar-refractivity contribution in [3.05, 3.63) is 50.4 Å². The standard InChI is InChI=1S/C10H8Cl2N2O/c1-6-5-13-14(10(6)15)7-2-3-8(11)9(12)4-7/h2-5,13H,1H3. The van der Waals surface area contributed by atoms with Crippen LogP contribution in [0.5, 0.6) is 0 Å². The lowest BCUT2D eigenvalue weighted by Crippen LogP contribution is -2.15. The first-order chi connectivity index (χ1) is 7.09. The Morgan fingerprint density at radius 2 is 2.00 bits per heavy atom. The molecule has 1 aromatic carbocycles. The van der Waals surface area contributed by atoms with Crippen molar-refractivity contribution in [1.82, 2.24) is 9.78 Å². The summed E-state index contributed by atoms with van der Waals surface area (Å²) in [5.41, 5.74) is 1.23. The van der Waals surface area contributed by atoms with Gasteiger partial charge in [-0.2, -0.15) is 0 Å². The van der Waals surface area contributed by atoms with Crippen molar-refractivity contribution >= 4 is 23.2 Å². The van der Waals surface area contributed by atoms with E-state index in [1.54, 1.807) is 31.3 Å². The van der Waals surface area contributed by atoms with Crippen LogP contribution >= 0.6 is 23.2 Å². The lowest BCUT2D eigenvalue weighted by Gasteiger charge is -2.02. The summed E-state index contributed by atoms with van der Waals surface area (Å²) in [5.74, 6) is 0. The van der Waals surface area contributed by atoms with Crippen LogP contribution in [-0.4, -0.2) is 9.78 Å². The molecular weight excluding hydrogens is 235 g/mol. The van der Waals surface area contributed by atoms with Gasteiger partial charge in [-0.25, -0.2) is 4.68 Å². The van der Waals surface area contributed by atoms with E-state index in [1.807, 2.05) is 0 Å². The van der Waals surface area contributed by atoms with Crippen molar-refractivity contribution in [3.63, 3.8) is 0 Å². The molecule has 0 aliphatic rings. The number of hydrogen-bond acceptors (Lipinski definition) is 1. The van der Waals surface area contributed by atoms with Gasteiger partial charge in [-0.1, -0.05) is 23.2 Å². The van der Waals surface area contributed by atoms with Gasteiger partial charge in [-0.3, -0.25) is 9.89 Å². The average Bonchev–Trinajstić information content (AvgIpc) is 2.53. The number of aryl methyl sites for hydroxylation is 1. The molecule has 15 heavy (non-hydrogen) atoms. The van der Waals surface area contributed by atoms with Gasteiger partial charge < -0.3 is 0 Å².